The highest BCUT2D eigenvalue weighted by Gasteiger charge is 2.35. The Morgan fingerprint density at radius 2 is 2.42 bits per heavy atom. The summed E-state index contributed by atoms with van der Waals surface area (Å²) in [6.45, 7) is 3.71. The highest BCUT2D eigenvalue weighted by atomic mass is 79.9. The SMILES string of the molecule is C=COC[C@H]1O[C@@H](n2cc(Br)c(=O)[nH]c2=O)C[C@@H]1Cl. The summed E-state index contributed by atoms with van der Waals surface area (Å²) in [7, 11) is 0. The zero-order valence-electron chi connectivity index (χ0n) is 9.84. The Hall–Kier alpha value is -1.05. The van der Waals surface area contributed by atoms with Crippen LogP contribution in [-0.2, 0) is 9.47 Å². The van der Waals surface area contributed by atoms with Crippen LogP contribution in [0.2, 0.25) is 0 Å². The van der Waals surface area contributed by atoms with Crippen molar-refractivity contribution in [1.29, 1.82) is 0 Å². The van der Waals surface area contributed by atoms with Crippen LogP contribution < -0.4 is 11.2 Å². The molecule has 1 aromatic heterocycles. The van der Waals surface area contributed by atoms with Gasteiger partial charge in [0.25, 0.3) is 5.56 Å². The van der Waals surface area contributed by atoms with Gasteiger partial charge in [0.2, 0.25) is 0 Å². The van der Waals surface area contributed by atoms with Gasteiger partial charge in [-0.1, -0.05) is 6.58 Å². The Balaban J connectivity index is 2.20. The minimum atomic E-state index is -0.535. The van der Waals surface area contributed by atoms with Gasteiger partial charge < -0.3 is 9.47 Å². The molecule has 0 unspecified atom stereocenters. The monoisotopic (exact) mass is 350 g/mol. The molecule has 19 heavy (non-hydrogen) atoms. The average Bonchev–Trinajstić information content (AvgIpc) is 2.72. The highest BCUT2D eigenvalue weighted by Crippen LogP contribution is 2.31. The van der Waals surface area contributed by atoms with E-state index in [0.717, 1.165) is 0 Å². The molecule has 1 saturated heterocycles. The number of hydrogen-bond acceptors (Lipinski definition) is 4. The fourth-order valence-electron chi connectivity index (χ4n) is 1.85. The van der Waals surface area contributed by atoms with Gasteiger partial charge in [0.1, 0.15) is 18.9 Å². The summed E-state index contributed by atoms with van der Waals surface area (Å²) >= 11 is 9.21. The van der Waals surface area contributed by atoms with Gasteiger partial charge in [-0.25, -0.2) is 4.79 Å². The smallest absolute Gasteiger partial charge is 0.330 e. The van der Waals surface area contributed by atoms with Gasteiger partial charge in [-0.3, -0.25) is 14.3 Å². The number of ether oxygens (including phenoxy) is 2. The van der Waals surface area contributed by atoms with Crippen LogP contribution in [0.4, 0.5) is 0 Å². The summed E-state index contributed by atoms with van der Waals surface area (Å²) in [5.74, 6) is 0. The third kappa shape index (κ3) is 3.10. The van der Waals surface area contributed by atoms with E-state index in [9.17, 15) is 9.59 Å². The van der Waals surface area contributed by atoms with Gasteiger partial charge in [0, 0.05) is 12.6 Å². The second kappa shape index (κ2) is 5.94. The van der Waals surface area contributed by atoms with E-state index < -0.39 is 17.5 Å². The maximum Gasteiger partial charge on any atom is 0.330 e. The van der Waals surface area contributed by atoms with Crippen molar-refractivity contribution in [3.63, 3.8) is 0 Å². The molecule has 0 saturated carbocycles. The molecule has 0 amide bonds. The molecule has 1 N–H and O–H groups in total. The summed E-state index contributed by atoms with van der Waals surface area (Å²) in [5.41, 5.74) is -1.01. The van der Waals surface area contributed by atoms with Crippen LogP contribution in [0.1, 0.15) is 12.6 Å². The largest absolute Gasteiger partial charge is 0.499 e. The Bertz CT molecular complexity index is 585. The minimum Gasteiger partial charge on any atom is -0.499 e. The lowest BCUT2D eigenvalue weighted by molar-refractivity contribution is -0.0267. The van der Waals surface area contributed by atoms with Crippen LogP contribution in [0.3, 0.4) is 0 Å². The average molecular weight is 352 g/mol. The Labute approximate surface area is 122 Å². The molecule has 3 atom stereocenters. The van der Waals surface area contributed by atoms with Crippen LogP contribution in [0, 0.1) is 0 Å². The van der Waals surface area contributed by atoms with Crippen molar-refractivity contribution < 1.29 is 9.47 Å². The number of halogens is 2. The van der Waals surface area contributed by atoms with Gasteiger partial charge in [0.15, 0.2) is 0 Å². The lowest BCUT2D eigenvalue weighted by atomic mass is 10.2. The number of aromatic nitrogens is 2. The minimum absolute atomic E-state index is 0.257. The van der Waals surface area contributed by atoms with E-state index in [1.165, 1.54) is 17.0 Å². The van der Waals surface area contributed by atoms with Crippen molar-refractivity contribution in [3.05, 3.63) is 44.3 Å². The van der Waals surface area contributed by atoms with Crippen molar-refractivity contribution in [2.45, 2.75) is 24.1 Å². The molecular formula is C11H12BrClN2O4. The maximum atomic E-state index is 11.7. The first kappa shape index (κ1) is 14.4. The van der Waals surface area contributed by atoms with Crippen molar-refractivity contribution >= 4 is 27.5 Å². The lowest BCUT2D eigenvalue weighted by Crippen LogP contribution is -2.32. The van der Waals surface area contributed by atoms with Crippen LogP contribution in [0.15, 0.2) is 33.1 Å². The van der Waals surface area contributed by atoms with Gasteiger partial charge in [-0.2, -0.15) is 0 Å². The molecule has 0 spiro atoms. The van der Waals surface area contributed by atoms with E-state index in [1.54, 1.807) is 0 Å². The van der Waals surface area contributed by atoms with Crippen molar-refractivity contribution in [1.82, 2.24) is 9.55 Å². The van der Waals surface area contributed by atoms with Gasteiger partial charge in [-0.05, 0) is 15.9 Å². The van der Waals surface area contributed by atoms with E-state index in [-0.39, 0.29) is 22.6 Å². The van der Waals surface area contributed by atoms with Gasteiger partial charge in [0.05, 0.1) is 16.1 Å². The molecule has 6 nitrogen and oxygen atoms in total. The number of rotatable bonds is 4. The summed E-state index contributed by atoms with van der Waals surface area (Å²) in [4.78, 5) is 25.2. The molecule has 0 radical (unpaired) electrons. The van der Waals surface area contributed by atoms with Crippen molar-refractivity contribution in [2.75, 3.05) is 6.61 Å². The first-order valence-corrected chi connectivity index (χ1v) is 6.79. The summed E-state index contributed by atoms with van der Waals surface area (Å²) in [6.07, 6.45) is 2.30. The second-order valence-electron chi connectivity index (χ2n) is 4.02. The Morgan fingerprint density at radius 1 is 1.68 bits per heavy atom. The molecule has 0 aromatic carbocycles. The molecule has 1 fully saturated rings. The molecule has 1 aliphatic heterocycles. The fourth-order valence-corrected chi connectivity index (χ4v) is 2.45. The number of nitrogens with zero attached hydrogens (tertiary/aromatic N) is 1. The fraction of sp³-hybridized carbons (Fsp3) is 0.455. The van der Waals surface area contributed by atoms with E-state index in [0.29, 0.717) is 6.42 Å². The van der Waals surface area contributed by atoms with Crippen LogP contribution in [-0.4, -0.2) is 27.6 Å². The van der Waals surface area contributed by atoms with Crippen LogP contribution in [0.5, 0.6) is 0 Å². The van der Waals surface area contributed by atoms with E-state index >= 15 is 0 Å². The van der Waals surface area contributed by atoms with Crippen molar-refractivity contribution in [3.8, 4) is 0 Å². The van der Waals surface area contributed by atoms with Crippen molar-refractivity contribution in [2.24, 2.45) is 0 Å². The Kier molecular flexibility index (Phi) is 4.49. The topological polar surface area (TPSA) is 73.3 Å². The number of hydrogen-bond donors (Lipinski definition) is 1. The molecule has 8 heteroatoms. The van der Waals surface area contributed by atoms with E-state index in [2.05, 4.69) is 27.5 Å². The normalized spacial score (nSPS) is 26.3. The highest BCUT2D eigenvalue weighted by molar-refractivity contribution is 9.10. The molecule has 2 rings (SSSR count). The first-order chi connectivity index (χ1) is 9.02. The number of alkyl halides is 1. The molecular weight excluding hydrogens is 339 g/mol. The Morgan fingerprint density at radius 3 is 3.11 bits per heavy atom. The maximum absolute atomic E-state index is 11.7. The second-order valence-corrected chi connectivity index (χ2v) is 5.44. The third-order valence-electron chi connectivity index (χ3n) is 2.78. The van der Waals surface area contributed by atoms with Gasteiger partial charge in [-0.15, -0.1) is 11.6 Å². The molecule has 1 aliphatic rings. The summed E-state index contributed by atoms with van der Waals surface area (Å²) in [5, 5.41) is -0.275. The molecule has 2 heterocycles. The number of H-pyrrole nitrogens is 1. The first-order valence-electron chi connectivity index (χ1n) is 5.56. The van der Waals surface area contributed by atoms with E-state index in [4.69, 9.17) is 21.1 Å². The summed E-state index contributed by atoms with van der Waals surface area (Å²) < 4.78 is 12.3. The van der Waals surface area contributed by atoms with Crippen LogP contribution >= 0.6 is 27.5 Å². The van der Waals surface area contributed by atoms with Crippen LogP contribution in [0.25, 0.3) is 0 Å². The standard InChI is InChI=1S/C11H12BrClN2O4/c1-2-18-5-8-7(13)3-9(19-8)15-4-6(12)10(16)14-11(15)17/h2,4,7-9H,1,3,5H2,(H,14,16,17)/t7-,8+,9+/m0/s1. The number of nitrogens with one attached hydrogen (secondary N) is 1. The molecule has 0 bridgehead atoms. The molecule has 1 aromatic rings. The zero-order chi connectivity index (χ0) is 14.0. The number of aromatic amines is 1. The summed E-state index contributed by atoms with van der Waals surface area (Å²) in [6, 6.07) is 0. The van der Waals surface area contributed by atoms with E-state index in [1.807, 2.05) is 0 Å². The predicted molar refractivity (Wildman–Crippen MR) is 73.3 cm³/mol. The lowest BCUT2D eigenvalue weighted by Gasteiger charge is -2.15. The quantitative estimate of drug-likeness (QED) is 0.656. The zero-order valence-corrected chi connectivity index (χ0v) is 12.2. The predicted octanol–water partition coefficient (Wildman–Crippen LogP) is 1.35. The molecule has 104 valence electrons. The third-order valence-corrected chi connectivity index (χ3v) is 3.80. The van der Waals surface area contributed by atoms with Gasteiger partial charge >= 0.3 is 5.69 Å². The molecule has 0 aliphatic carbocycles.